The maximum Gasteiger partial charge on any atom is 0.328 e. The molecule has 5 heteroatoms. The van der Waals surface area contributed by atoms with E-state index in [0.717, 1.165) is 16.5 Å². The van der Waals surface area contributed by atoms with Crippen LogP contribution in [0, 0.1) is 0 Å². The van der Waals surface area contributed by atoms with Crippen molar-refractivity contribution < 1.29 is 14.3 Å². The number of aromatic nitrogens is 1. The number of rotatable bonds is 5. The van der Waals surface area contributed by atoms with Gasteiger partial charge < -0.3 is 14.6 Å². The predicted octanol–water partition coefficient (Wildman–Crippen LogP) is 2.98. The zero-order valence-corrected chi connectivity index (χ0v) is 14.2. The minimum absolute atomic E-state index is 0.301. The molecular formula is C20H20N2O3. The summed E-state index contributed by atoms with van der Waals surface area (Å²) in [6.07, 6.45) is 0. The molecule has 3 rings (SSSR count). The second-order valence-corrected chi connectivity index (χ2v) is 5.88. The van der Waals surface area contributed by atoms with Gasteiger partial charge in [0.2, 0.25) is 0 Å². The third-order valence-electron chi connectivity index (χ3n) is 4.13. The van der Waals surface area contributed by atoms with Gasteiger partial charge in [0.25, 0.3) is 5.91 Å². The van der Waals surface area contributed by atoms with E-state index in [1.807, 2.05) is 65.2 Å². The summed E-state index contributed by atoms with van der Waals surface area (Å²) < 4.78 is 6.64. The maximum absolute atomic E-state index is 12.7. The van der Waals surface area contributed by atoms with Gasteiger partial charge in [0.15, 0.2) is 0 Å². The lowest BCUT2D eigenvalue weighted by molar-refractivity contribution is -0.142. The van der Waals surface area contributed by atoms with Crippen LogP contribution in [0.1, 0.15) is 23.0 Å². The Bertz CT molecular complexity index is 900. The van der Waals surface area contributed by atoms with Crippen molar-refractivity contribution in [3.05, 3.63) is 71.9 Å². The summed E-state index contributed by atoms with van der Waals surface area (Å²) in [6.45, 7) is 2.18. The average molecular weight is 336 g/mol. The zero-order chi connectivity index (χ0) is 17.8. The normalized spacial score (nSPS) is 11.9. The maximum atomic E-state index is 12.7. The Morgan fingerprint density at radius 3 is 2.48 bits per heavy atom. The number of hydrogen-bond donors (Lipinski definition) is 1. The van der Waals surface area contributed by atoms with Gasteiger partial charge in [0, 0.05) is 17.4 Å². The van der Waals surface area contributed by atoms with Crippen molar-refractivity contribution in [2.45, 2.75) is 19.5 Å². The molecule has 1 aromatic heterocycles. The van der Waals surface area contributed by atoms with Gasteiger partial charge in [-0.15, -0.1) is 0 Å². The highest BCUT2D eigenvalue weighted by Gasteiger charge is 2.21. The SMILES string of the molecule is COC(=O)[C@H](C)NC(=O)c1cc2ccccc2n1Cc1ccccc1. The van der Waals surface area contributed by atoms with Gasteiger partial charge in [-0.05, 0) is 24.6 Å². The largest absolute Gasteiger partial charge is 0.467 e. The Labute approximate surface area is 146 Å². The number of benzene rings is 2. The molecule has 0 aliphatic heterocycles. The molecule has 0 unspecified atom stereocenters. The summed E-state index contributed by atoms with van der Waals surface area (Å²) in [5.41, 5.74) is 2.59. The molecule has 1 N–H and O–H groups in total. The smallest absolute Gasteiger partial charge is 0.328 e. The minimum Gasteiger partial charge on any atom is -0.467 e. The molecule has 0 saturated heterocycles. The van der Waals surface area contributed by atoms with Gasteiger partial charge in [0.05, 0.1) is 7.11 Å². The third kappa shape index (κ3) is 3.55. The fourth-order valence-corrected chi connectivity index (χ4v) is 2.84. The summed E-state index contributed by atoms with van der Waals surface area (Å²) in [4.78, 5) is 24.3. The van der Waals surface area contributed by atoms with Gasteiger partial charge in [0.1, 0.15) is 11.7 Å². The van der Waals surface area contributed by atoms with Crippen molar-refractivity contribution in [2.24, 2.45) is 0 Å². The molecule has 0 spiro atoms. The van der Waals surface area contributed by atoms with Crippen molar-refractivity contribution in [1.82, 2.24) is 9.88 Å². The number of methoxy groups -OCH3 is 1. The molecule has 0 saturated carbocycles. The number of ether oxygens (including phenoxy) is 1. The minimum atomic E-state index is -0.708. The van der Waals surface area contributed by atoms with Gasteiger partial charge in [-0.2, -0.15) is 0 Å². The quantitative estimate of drug-likeness (QED) is 0.729. The summed E-state index contributed by atoms with van der Waals surface area (Å²) in [6, 6.07) is 18.9. The van der Waals surface area contributed by atoms with E-state index in [2.05, 4.69) is 10.1 Å². The molecule has 0 fully saturated rings. The molecule has 1 amide bonds. The summed E-state index contributed by atoms with van der Waals surface area (Å²) >= 11 is 0. The third-order valence-corrected chi connectivity index (χ3v) is 4.13. The fraction of sp³-hybridized carbons (Fsp3) is 0.200. The first kappa shape index (κ1) is 16.8. The Hall–Kier alpha value is -3.08. The van der Waals surface area contributed by atoms with E-state index in [1.54, 1.807) is 6.92 Å². The number of esters is 1. The Kier molecular flexibility index (Phi) is 4.84. The summed E-state index contributed by atoms with van der Waals surface area (Å²) in [5, 5.41) is 3.68. The standard InChI is InChI=1S/C20H20N2O3/c1-14(20(24)25-2)21-19(23)18-12-16-10-6-7-11-17(16)22(18)13-15-8-4-3-5-9-15/h3-12,14H,13H2,1-2H3,(H,21,23)/t14-/m0/s1. The molecule has 25 heavy (non-hydrogen) atoms. The number of fused-ring (bicyclic) bond motifs is 1. The van der Waals surface area contributed by atoms with Crippen LogP contribution >= 0.6 is 0 Å². The second-order valence-electron chi connectivity index (χ2n) is 5.88. The van der Waals surface area contributed by atoms with Crippen molar-refractivity contribution >= 4 is 22.8 Å². The van der Waals surface area contributed by atoms with E-state index < -0.39 is 12.0 Å². The number of amides is 1. The van der Waals surface area contributed by atoms with Crippen LogP contribution in [0.15, 0.2) is 60.7 Å². The van der Waals surface area contributed by atoms with Crippen molar-refractivity contribution in [2.75, 3.05) is 7.11 Å². The van der Waals surface area contributed by atoms with Gasteiger partial charge in [-0.3, -0.25) is 4.79 Å². The predicted molar refractivity (Wildman–Crippen MR) is 96.4 cm³/mol. The summed E-state index contributed by atoms with van der Waals surface area (Å²) in [5.74, 6) is -0.774. The van der Waals surface area contributed by atoms with E-state index >= 15 is 0 Å². The molecule has 0 aliphatic carbocycles. The van der Waals surface area contributed by atoms with E-state index in [0.29, 0.717) is 12.2 Å². The zero-order valence-electron chi connectivity index (χ0n) is 14.2. The van der Waals surface area contributed by atoms with Gasteiger partial charge >= 0.3 is 5.97 Å². The molecule has 3 aromatic rings. The number of hydrogen-bond acceptors (Lipinski definition) is 3. The molecule has 2 aromatic carbocycles. The topological polar surface area (TPSA) is 60.3 Å². The molecule has 0 aliphatic rings. The molecular weight excluding hydrogens is 316 g/mol. The first-order valence-corrected chi connectivity index (χ1v) is 8.11. The molecule has 1 atom stereocenters. The average Bonchev–Trinajstić information content (AvgIpc) is 3.00. The number of nitrogens with one attached hydrogen (secondary N) is 1. The lowest BCUT2D eigenvalue weighted by Gasteiger charge is -2.14. The number of carbonyl (C=O) groups is 2. The van der Waals surface area contributed by atoms with Crippen LogP contribution in [-0.4, -0.2) is 29.6 Å². The molecule has 128 valence electrons. The second kappa shape index (κ2) is 7.21. The monoisotopic (exact) mass is 336 g/mol. The van der Waals surface area contributed by atoms with Crippen LogP contribution in [0.5, 0.6) is 0 Å². The van der Waals surface area contributed by atoms with Crippen LogP contribution in [-0.2, 0) is 16.1 Å². The van der Waals surface area contributed by atoms with Gasteiger partial charge in [-0.1, -0.05) is 48.5 Å². The highest BCUT2D eigenvalue weighted by atomic mass is 16.5. The van der Waals surface area contributed by atoms with Crippen LogP contribution in [0.4, 0.5) is 0 Å². The van der Waals surface area contributed by atoms with E-state index in [-0.39, 0.29) is 5.91 Å². The fourth-order valence-electron chi connectivity index (χ4n) is 2.84. The first-order chi connectivity index (χ1) is 12.1. The number of carbonyl (C=O) groups excluding carboxylic acids is 2. The lowest BCUT2D eigenvalue weighted by atomic mass is 10.2. The van der Waals surface area contributed by atoms with Crippen molar-refractivity contribution in [3.63, 3.8) is 0 Å². The molecule has 1 heterocycles. The highest BCUT2D eigenvalue weighted by Crippen LogP contribution is 2.21. The Morgan fingerprint density at radius 1 is 1.08 bits per heavy atom. The van der Waals surface area contributed by atoms with E-state index in [1.165, 1.54) is 7.11 Å². The molecule has 0 bridgehead atoms. The molecule has 5 nitrogen and oxygen atoms in total. The Balaban J connectivity index is 1.98. The van der Waals surface area contributed by atoms with E-state index in [9.17, 15) is 9.59 Å². The lowest BCUT2D eigenvalue weighted by Crippen LogP contribution is -2.39. The van der Waals surface area contributed by atoms with Crippen LogP contribution in [0.25, 0.3) is 10.9 Å². The first-order valence-electron chi connectivity index (χ1n) is 8.11. The summed E-state index contributed by atoms with van der Waals surface area (Å²) in [7, 11) is 1.30. The number of nitrogens with zero attached hydrogens (tertiary/aromatic N) is 1. The van der Waals surface area contributed by atoms with Crippen molar-refractivity contribution in [1.29, 1.82) is 0 Å². The van der Waals surface area contributed by atoms with Crippen LogP contribution in [0.3, 0.4) is 0 Å². The molecule has 0 radical (unpaired) electrons. The van der Waals surface area contributed by atoms with E-state index in [4.69, 9.17) is 0 Å². The number of para-hydroxylation sites is 1. The highest BCUT2D eigenvalue weighted by molar-refractivity contribution is 6.00. The van der Waals surface area contributed by atoms with Crippen LogP contribution in [0.2, 0.25) is 0 Å². The van der Waals surface area contributed by atoms with Crippen molar-refractivity contribution in [3.8, 4) is 0 Å². The van der Waals surface area contributed by atoms with Crippen LogP contribution < -0.4 is 5.32 Å². The Morgan fingerprint density at radius 2 is 1.76 bits per heavy atom. The van der Waals surface area contributed by atoms with Gasteiger partial charge in [-0.25, -0.2) is 4.79 Å².